The predicted molar refractivity (Wildman–Crippen MR) is 51.9 cm³/mol. The Morgan fingerprint density at radius 3 is 2.93 bits per heavy atom. The molecule has 0 saturated heterocycles. The first-order chi connectivity index (χ1) is 6.70. The van der Waals surface area contributed by atoms with E-state index in [1.54, 1.807) is 18.0 Å². The fraction of sp³-hybridized carbons (Fsp3) is 0.778. The van der Waals surface area contributed by atoms with Gasteiger partial charge in [0.1, 0.15) is 6.10 Å². The van der Waals surface area contributed by atoms with Crippen LogP contribution in [0.1, 0.15) is 38.1 Å². The van der Waals surface area contributed by atoms with Crippen LogP contribution in [-0.4, -0.2) is 33.8 Å². The van der Waals surface area contributed by atoms with Crippen LogP contribution >= 0.6 is 0 Å². The van der Waals surface area contributed by atoms with E-state index in [9.17, 15) is 5.11 Å². The summed E-state index contributed by atoms with van der Waals surface area (Å²) >= 11 is 0. The van der Waals surface area contributed by atoms with Crippen molar-refractivity contribution in [1.29, 1.82) is 0 Å². The molecule has 1 unspecified atom stereocenters. The van der Waals surface area contributed by atoms with Gasteiger partial charge in [0.2, 0.25) is 0 Å². The normalized spacial score (nSPS) is 15.4. The van der Waals surface area contributed by atoms with Crippen molar-refractivity contribution in [1.82, 2.24) is 15.0 Å². The number of methoxy groups -OCH3 is 1. The van der Waals surface area contributed by atoms with Gasteiger partial charge in [0, 0.05) is 7.11 Å². The lowest BCUT2D eigenvalue weighted by atomic mass is 10.2. The lowest BCUT2D eigenvalue weighted by Crippen LogP contribution is -2.15. The molecule has 0 amide bonds. The van der Waals surface area contributed by atoms with Crippen LogP contribution in [0.15, 0.2) is 6.20 Å². The monoisotopic (exact) mass is 199 g/mol. The number of ether oxygens (including phenoxy) is 1. The summed E-state index contributed by atoms with van der Waals surface area (Å²) in [4.78, 5) is 0. The van der Waals surface area contributed by atoms with Crippen LogP contribution in [0.3, 0.4) is 0 Å². The van der Waals surface area contributed by atoms with E-state index in [0.717, 1.165) is 6.42 Å². The van der Waals surface area contributed by atoms with Crippen molar-refractivity contribution >= 4 is 0 Å². The molecule has 14 heavy (non-hydrogen) atoms. The van der Waals surface area contributed by atoms with Gasteiger partial charge < -0.3 is 9.84 Å². The highest BCUT2D eigenvalue weighted by molar-refractivity contribution is 5.00. The second-order valence-corrected chi connectivity index (χ2v) is 3.33. The summed E-state index contributed by atoms with van der Waals surface area (Å²) in [6.07, 6.45) is 1.88. The lowest BCUT2D eigenvalue weighted by Gasteiger charge is -2.15. The van der Waals surface area contributed by atoms with Gasteiger partial charge in [-0.15, -0.1) is 5.10 Å². The SMILES string of the molecule is CCC(C)n1nncc1[C@@H](O)COC. The van der Waals surface area contributed by atoms with Gasteiger partial charge in [-0.25, -0.2) is 4.68 Å². The minimum atomic E-state index is -0.649. The molecule has 2 atom stereocenters. The molecule has 1 N–H and O–H groups in total. The van der Waals surface area contributed by atoms with Crippen molar-refractivity contribution in [3.05, 3.63) is 11.9 Å². The number of nitrogens with zero attached hydrogens (tertiary/aromatic N) is 3. The summed E-state index contributed by atoms with van der Waals surface area (Å²) in [5, 5.41) is 17.4. The van der Waals surface area contributed by atoms with Crippen molar-refractivity contribution in [3.8, 4) is 0 Å². The first-order valence-electron chi connectivity index (χ1n) is 4.77. The highest BCUT2D eigenvalue weighted by atomic mass is 16.5. The van der Waals surface area contributed by atoms with Crippen LogP contribution in [0.5, 0.6) is 0 Å². The van der Waals surface area contributed by atoms with Gasteiger partial charge in [0.25, 0.3) is 0 Å². The maximum atomic E-state index is 9.71. The average molecular weight is 199 g/mol. The van der Waals surface area contributed by atoms with Gasteiger partial charge in [-0.2, -0.15) is 0 Å². The summed E-state index contributed by atoms with van der Waals surface area (Å²) in [7, 11) is 1.56. The maximum absolute atomic E-state index is 9.71. The van der Waals surface area contributed by atoms with E-state index in [2.05, 4.69) is 17.2 Å². The number of aliphatic hydroxyl groups excluding tert-OH is 1. The van der Waals surface area contributed by atoms with Gasteiger partial charge in [0.15, 0.2) is 0 Å². The van der Waals surface area contributed by atoms with Crippen LogP contribution < -0.4 is 0 Å². The third kappa shape index (κ3) is 2.30. The van der Waals surface area contributed by atoms with Gasteiger partial charge in [-0.1, -0.05) is 12.1 Å². The number of hydrogen-bond donors (Lipinski definition) is 1. The van der Waals surface area contributed by atoms with Crippen LogP contribution in [-0.2, 0) is 4.74 Å². The summed E-state index contributed by atoms with van der Waals surface area (Å²) < 4.78 is 6.62. The minimum Gasteiger partial charge on any atom is -0.384 e. The average Bonchev–Trinajstić information content (AvgIpc) is 2.65. The highest BCUT2D eigenvalue weighted by Gasteiger charge is 2.16. The number of rotatable bonds is 5. The zero-order valence-corrected chi connectivity index (χ0v) is 8.84. The zero-order valence-electron chi connectivity index (χ0n) is 8.84. The second kappa shape index (κ2) is 5.07. The zero-order chi connectivity index (χ0) is 10.6. The second-order valence-electron chi connectivity index (χ2n) is 3.33. The quantitative estimate of drug-likeness (QED) is 0.766. The molecule has 0 aromatic carbocycles. The van der Waals surface area contributed by atoms with Crippen molar-refractivity contribution in [2.75, 3.05) is 13.7 Å². The Bertz CT molecular complexity index is 275. The standard InChI is InChI=1S/C9H17N3O2/c1-4-7(2)12-8(5-10-11-12)9(13)6-14-3/h5,7,9,13H,4,6H2,1-3H3/t7?,9-/m0/s1. The van der Waals surface area contributed by atoms with E-state index < -0.39 is 6.10 Å². The minimum absolute atomic E-state index is 0.249. The van der Waals surface area contributed by atoms with Gasteiger partial charge in [-0.05, 0) is 13.3 Å². The Hall–Kier alpha value is -0.940. The molecule has 5 heteroatoms. The van der Waals surface area contributed by atoms with E-state index in [1.165, 1.54) is 0 Å². The highest BCUT2D eigenvalue weighted by Crippen LogP contribution is 2.17. The molecule has 1 aromatic heterocycles. The Morgan fingerprint density at radius 2 is 2.36 bits per heavy atom. The number of aromatic nitrogens is 3. The summed E-state index contributed by atoms with van der Waals surface area (Å²) in [6.45, 7) is 4.38. The van der Waals surface area contributed by atoms with Crippen molar-refractivity contribution in [3.63, 3.8) is 0 Å². The van der Waals surface area contributed by atoms with E-state index in [0.29, 0.717) is 5.69 Å². The molecule has 0 aliphatic rings. The Morgan fingerprint density at radius 1 is 1.64 bits per heavy atom. The molecular weight excluding hydrogens is 182 g/mol. The summed E-state index contributed by atoms with van der Waals surface area (Å²) in [6, 6.07) is 0.249. The Kier molecular flexibility index (Phi) is 4.03. The maximum Gasteiger partial charge on any atom is 0.120 e. The molecule has 0 bridgehead atoms. The fourth-order valence-electron chi connectivity index (χ4n) is 1.25. The molecule has 0 aliphatic heterocycles. The lowest BCUT2D eigenvalue weighted by molar-refractivity contribution is 0.0575. The summed E-state index contributed by atoms with van der Waals surface area (Å²) in [5.41, 5.74) is 0.709. The molecule has 0 fully saturated rings. The molecular formula is C9H17N3O2. The molecule has 80 valence electrons. The van der Waals surface area contributed by atoms with Crippen LogP contribution in [0.4, 0.5) is 0 Å². The van der Waals surface area contributed by atoms with Crippen molar-refractivity contribution < 1.29 is 9.84 Å². The molecule has 0 aliphatic carbocycles. The molecule has 1 aromatic rings. The van der Waals surface area contributed by atoms with Gasteiger partial charge in [0.05, 0.1) is 24.5 Å². The molecule has 1 heterocycles. The third-order valence-electron chi connectivity index (χ3n) is 2.28. The first kappa shape index (κ1) is 11.1. The fourth-order valence-corrected chi connectivity index (χ4v) is 1.25. The molecule has 5 nitrogen and oxygen atoms in total. The first-order valence-corrected chi connectivity index (χ1v) is 4.77. The third-order valence-corrected chi connectivity index (χ3v) is 2.28. The van der Waals surface area contributed by atoms with Crippen molar-refractivity contribution in [2.45, 2.75) is 32.4 Å². The number of hydrogen-bond acceptors (Lipinski definition) is 4. The van der Waals surface area contributed by atoms with E-state index in [1.807, 2.05) is 6.92 Å². The largest absolute Gasteiger partial charge is 0.384 e. The van der Waals surface area contributed by atoms with Crippen LogP contribution in [0.2, 0.25) is 0 Å². The predicted octanol–water partition coefficient (Wildman–Crippen LogP) is 0.929. The smallest absolute Gasteiger partial charge is 0.120 e. The molecule has 0 saturated carbocycles. The van der Waals surface area contributed by atoms with Crippen LogP contribution in [0, 0.1) is 0 Å². The molecule has 0 spiro atoms. The topological polar surface area (TPSA) is 60.2 Å². The van der Waals surface area contributed by atoms with Gasteiger partial charge in [-0.3, -0.25) is 0 Å². The molecule has 1 rings (SSSR count). The molecule has 0 radical (unpaired) electrons. The summed E-state index contributed by atoms with van der Waals surface area (Å²) in [5.74, 6) is 0. The van der Waals surface area contributed by atoms with Gasteiger partial charge >= 0.3 is 0 Å². The van der Waals surface area contributed by atoms with E-state index in [-0.39, 0.29) is 12.6 Å². The van der Waals surface area contributed by atoms with Crippen molar-refractivity contribution in [2.24, 2.45) is 0 Å². The Balaban J connectivity index is 2.81. The van der Waals surface area contributed by atoms with E-state index in [4.69, 9.17) is 4.74 Å². The Labute approximate surface area is 83.7 Å². The van der Waals surface area contributed by atoms with E-state index >= 15 is 0 Å². The van der Waals surface area contributed by atoms with Crippen LogP contribution in [0.25, 0.3) is 0 Å². The number of aliphatic hydroxyl groups is 1.